The summed E-state index contributed by atoms with van der Waals surface area (Å²) in [5.74, 6) is 0.0288. The van der Waals surface area contributed by atoms with Gasteiger partial charge in [-0.3, -0.25) is 4.79 Å². The molecule has 3 N–H and O–H groups in total. The van der Waals surface area contributed by atoms with Crippen molar-refractivity contribution in [3.8, 4) is 0 Å². The highest BCUT2D eigenvalue weighted by atomic mass is 16.1. The molecular formula is C11H20N4O. The van der Waals surface area contributed by atoms with Gasteiger partial charge in [0.1, 0.15) is 0 Å². The number of nitrogens with zero attached hydrogens (tertiary/aromatic N) is 2. The van der Waals surface area contributed by atoms with Crippen molar-refractivity contribution in [2.24, 2.45) is 5.73 Å². The maximum absolute atomic E-state index is 11.4. The molecule has 90 valence electrons. The molecule has 1 heterocycles. The van der Waals surface area contributed by atoms with Gasteiger partial charge < -0.3 is 15.6 Å². The average molecular weight is 224 g/mol. The highest BCUT2D eigenvalue weighted by Gasteiger charge is 2.07. The Kier molecular flexibility index (Phi) is 5.56. The van der Waals surface area contributed by atoms with Crippen LogP contribution in [0.5, 0.6) is 0 Å². The van der Waals surface area contributed by atoms with Crippen LogP contribution in [0.3, 0.4) is 0 Å². The minimum absolute atomic E-state index is 0.0155. The Labute approximate surface area is 96.0 Å². The van der Waals surface area contributed by atoms with Crippen LogP contribution in [0.15, 0.2) is 18.7 Å². The normalized spacial score (nSPS) is 12.4. The third-order valence-corrected chi connectivity index (χ3v) is 2.36. The fourth-order valence-corrected chi connectivity index (χ4v) is 1.53. The molecule has 0 saturated carbocycles. The van der Waals surface area contributed by atoms with E-state index >= 15 is 0 Å². The van der Waals surface area contributed by atoms with Gasteiger partial charge in [0, 0.05) is 37.9 Å². The summed E-state index contributed by atoms with van der Waals surface area (Å²) < 4.78 is 1.92. The lowest BCUT2D eigenvalue weighted by atomic mass is 10.1. The molecule has 1 unspecified atom stereocenters. The Hall–Kier alpha value is -1.36. The van der Waals surface area contributed by atoms with E-state index in [1.54, 1.807) is 12.5 Å². The second-order valence-corrected chi connectivity index (χ2v) is 3.90. The number of carbonyl (C=O) groups excluding carboxylic acids is 1. The lowest BCUT2D eigenvalue weighted by molar-refractivity contribution is -0.121. The van der Waals surface area contributed by atoms with Crippen molar-refractivity contribution in [1.82, 2.24) is 14.9 Å². The third-order valence-electron chi connectivity index (χ3n) is 2.36. The largest absolute Gasteiger partial charge is 0.354 e. The topological polar surface area (TPSA) is 72.9 Å². The number of hydrogen-bond acceptors (Lipinski definition) is 3. The lowest BCUT2D eigenvalue weighted by Crippen LogP contribution is -2.33. The molecule has 1 rings (SSSR count). The average Bonchev–Trinajstić information content (AvgIpc) is 2.70. The maximum atomic E-state index is 11.4. The van der Waals surface area contributed by atoms with E-state index < -0.39 is 0 Å². The summed E-state index contributed by atoms with van der Waals surface area (Å²) >= 11 is 0. The van der Waals surface area contributed by atoms with Crippen molar-refractivity contribution >= 4 is 5.91 Å². The van der Waals surface area contributed by atoms with Crippen LogP contribution in [0.4, 0.5) is 0 Å². The maximum Gasteiger partial charge on any atom is 0.221 e. The molecule has 0 aromatic carbocycles. The Bertz CT molecular complexity index is 297. The van der Waals surface area contributed by atoms with Gasteiger partial charge in [0.2, 0.25) is 5.91 Å². The molecule has 0 saturated heterocycles. The number of nitrogens with one attached hydrogen (secondary N) is 1. The fraction of sp³-hybridized carbons (Fsp3) is 0.636. The minimum Gasteiger partial charge on any atom is -0.354 e. The molecule has 0 bridgehead atoms. The van der Waals surface area contributed by atoms with Crippen LogP contribution >= 0.6 is 0 Å². The number of carbonyl (C=O) groups is 1. The van der Waals surface area contributed by atoms with Gasteiger partial charge in [-0.05, 0) is 6.42 Å². The number of rotatable bonds is 7. The van der Waals surface area contributed by atoms with Crippen molar-refractivity contribution in [3.63, 3.8) is 0 Å². The fourth-order valence-electron chi connectivity index (χ4n) is 1.53. The first-order chi connectivity index (χ1) is 7.72. The van der Waals surface area contributed by atoms with Crippen molar-refractivity contribution in [1.29, 1.82) is 0 Å². The Morgan fingerprint density at radius 3 is 3.06 bits per heavy atom. The quantitative estimate of drug-likeness (QED) is 0.709. The second kappa shape index (κ2) is 7.00. The number of amides is 1. The predicted molar refractivity (Wildman–Crippen MR) is 62.7 cm³/mol. The Balaban J connectivity index is 2.10. The molecule has 1 aromatic heterocycles. The Morgan fingerprint density at radius 2 is 2.44 bits per heavy atom. The molecular weight excluding hydrogens is 204 g/mol. The lowest BCUT2D eigenvalue weighted by Gasteiger charge is -2.10. The number of imidazole rings is 1. The third kappa shape index (κ3) is 4.93. The monoisotopic (exact) mass is 224 g/mol. The van der Waals surface area contributed by atoms with E-state index in [2.05, 4.69) is 17.2 Å². The van der Waals surface area contributed by atoms with Crippen molar-refractivity contribution in [2.45, 2.75) is 38.8 Å². The van der Waals surface area contributed by atoms with Gasteiger partial charge in [0.05, 0.1) is 6.33 Å². The first-order valence-electron chi connectivity index (χ1n) is 5.70. The molecule has 0 aliphatic carbocycles. The smallest absolute Gasteiger partial charge is 0.221 e. The van der Waals surface area contributed by atoms with Crippen molar-refractivity contribution < 1.29 is 4.79 Å². The minimum atomic E-state index is -0.0155. The summed E-state index contributed by atoms with van der Waals surface area (Å²) in [6, 6.07) is -0.0155. The molecule has 1 aromatic rings. The van der Waals surface area contributed by atoms with Crippen LogP contribution in [0.1, 0.15) is 26.2 Å². The van der Waals surface area contributed by atoms with E-state index in [1.807, 2.05) is 10.8 Å². The Morgan fingerprint density at radius 1 is 1.62 bits per heavy atom. The van der Waals surface area contributed by atoms with Crippen LogP contribution < -0.4 is 11.1 Å². The van der Waals surface area contributed by atoms with E-state index in [1.165, 1.54) is 0 Å². The number of hydrogen-bond donors (Lipinski definition) is 2. The molecule has 0 aliphatic rings. The van der Waals surface area contributed by atoms with Crippen LogP contribution in [-0.4, -0.2) is 28.0 Å². The summed E-state index contributed by atoms with van der Waals surface area (Å²) in [5.41, 5.74) is 5.78. The van der Waals surface area contributed by atoms with E-state index in [9.17, 15) is 4.79 Å². The van der Waals surface area contributed by atoms with Gasteiger partial charge in [-0.1, -0.05) is 13.3 Å². The van der Waals surface area contributed by atoms with Gasteiger partial charge >= 0.3 is 0 Å². The van der Waals surface area contributed by atoms with Gasteiger partial charge in [0.15, 0.2) is 0 Å². The molecule has 5 heteroatoms. The SMILES string of the molecule is CCCC(N)CC(=O)NCCn1ccnc1. The van der Waals surface area contributed by atoms with Crippen LogP contribution in [0, 0.1) is 0 Å². The van der Waals surface area contributed by atoms with Crippen molar-refractivity contribution in [3.05, 3.63) is 18.7 Å². The zero-order valence-electron chi connectivity index (χ0n) is 9.72. The van der Waals surface area contributed by atoms with E-state index in [-0.39, 0.29) is 11.9 Å². The summed E-state index contributed by atoms with van der Waals surface area (Å²) in [4.78, 5) is 15.4. The highest BCUT2D eigenvalue weighted by Crippen LogP contribution is 1.97. The zero-order chi connectivity index (χ0) is 11.8. The predicted octanol–water partition coefficient (Wildman–Crippen LogP) is 0.517. The van der Waals surface area contributed by atoms with E-state index in [0.29, 0.717) is 13.0 Å². The zero-order valence-corrected chi connectivity index (χ0v) is 9.72. The first kappa shape index (κ1) is 12.7. The summed E-state index contributed by atoms with van der Waals surface area (Å²) in [5, 5.41) is 2.84. The molecule has 16 heavy (non-hydrogen) atoms. The molecule has 0 radical (unpaired) electrons. The molecule has 0 aliphatic heterocycles. The molecule has 5 nitrogen and oxygen atoms in total. The molecule has 0 fully saturated rings. The summed E-state index contributed by atoms with van der Waals surface area (Å²) in [7, 11) is 0. The molecule has 0 spiro atoms. The molecule has 1 atom stereocenters. The molecule has 1 amide bonds. The highest BCUT2D eigenvalue weighted by molar-refractivity contribution is 5.76. The van der Waals surface area contributed by atoms with Gasteiger partial charge in [-0.2, -0.15) is 0 Å². The number of aromatic nitrogens is 2. The second-order valence-electron chi connectivity index (χ2n) is 3.90. The van der Waals surface area contributed by atoms with E-state index in [0.717, 1.165) is 19.4 Å². The summed E-state index contributed by atoms with van der Waals surface area (Å²) in [6.45, 7) is 3.43. The van der Waals surface area contributed by atoms with Crippen LogP contribution in [0.25, 0.3) is 0 Å². The first-order valence-corrected chi connectivity index (χ1v) is 5.70. The van der Waals surface area contributed by atoms with Gasteiger partial charge in [-0.15, -0.1) is 0 Å². The summed E-state index contributed by atoms with van der Waals surface area (Å²) in [6.07, 6.45) is 7.65. The number of nitrogens with two attached hydrogens (primary N) is 1. The van der Waals surface area contributed by atoms with Crippen LogP contribution in [0.2, 0.25) is 0 Å². The van der Waals surface area contributed by atoms with Crippen molar-refractivity contribution in [2.75, 3.05) is 6.54 Å². The van der Waals surface area contributed by atoms with Gasteiger partial charge in [-0.25, -0.2) is 4.98 Å². The standard InChI is InChI=1S/C11H20N4O/c1-2-3-10(12)8-11(16)14-5-7-15-6-4-13-9-15/h4,6,9-10H,2-3,5,7-8,12H2,1H3,(H,14,16). The van der Waals surface area contributed by atoms with Crippen LogP contribution in [-0.2, 0) is 11.3 Å². The van der Waals surface area contributed by atoms with E-state index in [4.69, 9.17) is 5.73 Å². The van der Waals surface area contributed by atoms with Gasteiger partial charge in [0.25, 0.3) is 0 Å².